The standard InChI is InChI=1S/C17H18FNO2/c1-12(14-6-4-3-5-7-14)19-17(20)13(2)21-16-10-8-15(18)9-11-16/h3-13H,1-2H3,(H,19,20)/t12-,13+/m1/s1. The molecule has 0 spiro atoms. The molecule has 0 fully saturated rings. The normalized spacial score (nSPS) is 13.3. The third-order valence-corrected chi connectivity index (χ3v) is 3.15. The Balaban J connectivity index is 1.92. The first-order valence-corrected chi connectivity index (χ1v) is 6.84. The summed E-state index contributed by atoms with van der Waals surface area (Å²) in [5, 5.41) is 2.89. The lowest BCUT2D eigenvalue weighted by Crippen LogP contribution is -2.37. The number of halogens is 1. The number of amides is 1. The molecule has 4 heteroatoms. The van der Waals surface area contributed by atoms with E-state index in [-0.39, 0.29) is 17.8 Å². The first-order chi connectivity index (χ1) is 10.1. The van der Waals surface area contributed by atoms with Crippen LogP contribution in [0.2, 0.25) is 0 Å². The molecule has 2 rings (SSSR count). The highest BCUT2D eigenvalue weighted by Crippen LogP contribution is 2.15. The highest BCUT2D eigenvalue weighted by molar-refractivity contribution is 5.81. The Morgan fingerprint density at radius 2 is 1.67 bits per heavy atom. The number of carbonyl (C=O) groups is 1. The SMILES string of the molecule is C[C@H](Oc1ccc(F)cc1)C(=O)N[C@H](C)c1ccccc1. The molecule has 3 nitrogen and oxygen atoms in total. The van der Waals surface area contributed by atoms with Gasteiger partial charge in [0.2, 0.25) is 0 Å². The van der Waals surface area contributed by atoms with Gasteiger partial charge in [0.25, 0.3) is 5.91 Å². The quantitative estimate of drug-likeness (QED) is 0.914. The summed E-state index contributed by atoms with van der Waals surface area (Å²) in [6, 6.07) is 15.2. The number of carbonyl (C=O) groups excluding carboxylic acids is 1. The maximum absolute atomic E-state index is 12.8. The van der Waals surface area contributed by atoms with Gasteiger partial charge in [-0.05, 0) is 43.7 Å². The van der Waals surface area contributed by atoms with E-state index in [4.69, 9.17) is 4.74 Å². The molecule has 0 saturated carbocycles. The third-order valence-electron chi connectivity index (χ3n) is 3.15. The number of hydrogen-bond donors (Lipinski definition) is 1. The van der Waals surface area contributed by atoms with Crippen LogP contribution in [-0.2, 0) is 4.79 Å². The van der Waals surface area contributed by atoms with E-state index in [2.05, 4.69) is 5.32 Å². The van der Waals surface area contributed by atoms with Crippen molar-refractivity contribution in [1.29, 1.82) is 0 Å². The highest BCUT2D eigenvalue weighted by Gasteiger charge is 2.17. The fourth-order valence-corrected chi connectivity index (χ4v) is 1.93. The second-order valence-electron chi connectivity index (χ2n) is 4.85. The van der Waals surface area contributed by atoms with E-state index in [9.17, 15) is 9.18 Å². The first kappa shape index (κ1) is 15.0. The maximum Gasteiger partial charge on any atom is 0.261 e. The molecule has 0 saturated heterocycles. The number of ether oxygens (including phenoxy) is 1. The van der Waals surface area contributed by atoms with E-state index in [1.807, 2.05) is 37.3 Å². The van der Waals surface area contributed by atoms with Crippen molar-refractivity contribution < 1.29 is 13.9 Å². The van der Waals surface area contributed by atoms with Gasteiger partial charge in [0, 0.05) is 0 Å². The summed E-state index contributed by atoms with van der Waals surface area (Å²) >= 11 is 0. The van der Waals surface area contributed by atoms with Crippen LogP contribution in [0, 0.1) is 5.82 Å². The molecule has 0 aliphatic carbocycles. The number of rotatable bonds is 5. The first-order valence-electron chi connectivity index (χ1n) is 6.84. The summed E-state index contributed by atoms with van der Waals surface area (Å²) in [6.07, 6.45) is -0.651. The minimum absolute atomic E-state index is 0.0991. The van der Waals surface area contributed by atoms with Crippen LogP contribution in [0.4, 0.5) is 4.39 Å². The molecule has 0 aromatic heterocycles. The average Bonchev–Trinajstić information content (AvgIpc) is 2.50. The number of hydrogen-bond acceptors (Lipinski definition) is 2. The number of benzene rings is 2. The van der Waals surface area contributed by atoms with E-state index in [0.717, 1.165) is 5.56 Å². The van der Waals surface area contributed by atoms with Crippen molar-refractivity contribution in [2.24, 2.45) is 0 Å². The van der Waals surface area contributed by atoms with E-state index >= 15 is 0 Å². The monoisotopic (exact) mass is 287 g/mol. The van der Waals surface area contributed by atoms with Gasteiger partial charge < -0.3 is 10.1 Å². The molecule has 2 aromatic carbocycles. The fourth-order valence-electron chi connectivity index (χ4n) is 1.93. The van der Waals surface area contributed by atoms with Gasteiger partial charge >= 0.3 is 0 Å². The van der Waals surface area contributed by atoms with E-state index in [0.29, 0.717) is 5.75 Å². The lowest BCUT2D eigenvalue weighted by atomic mass is 10.1. The minimum Gasteiger partial charge on any atom is -0.481 e. The molecule has 21 heavy (non-hydrogen) atoms. The summed E-state index contributed by atoms with van der Waals surface area (Å²) in [5.41, 5.74) is 1.03. The van der Waals surface area contributed by atoms with E-state index in [1.54, 1.807) is 6.92 Å². The zero-order valence-corrected chi connectivity index (χ0v) is 12.0. The van der Waals surface area contributed by atoms with Crippen molar-refractivity contribution in [3.8, 4) is 5.75 Å². The predicted molar refractivity (Wildman–Crippen MR) is 79.5 cm³/mol. The lowest BCUT2D eigenvalue weighted by molar-refractivity contribution is -0.127. The Hall–Kier alpha value is -2.36. The smallest absolute Gasteiger partial charge is 0.261 e. The Bertz CT molecular complexity index is 583. The van der Waals surface area contributed by atoms with Crippen LogP contribution in [0.1, 0.15) is 25.5 Å². The molecule has 0 aliphatic heterocycles. The molecule has 110 valence electrons. The van der Waals surface area contributed by atoms with Gasteiger partial charge in [0.15, 0.2) is 6.10 Å². The van der Waals surface area contributed by atoms with Crippen LogP contribution >= 0.6 is 0 Å². The second-order valence-corrected chi connectivity index (χ2v) is 4.85. The van der Waals surface area contributed by atoms with Crippen LogP contribution in [0.25, 0.3) is 0 Å². The third kappa shape index (κ3) is 4.31. The van der Waals surface area contributed by atoms with Crippen LogP contribution in [0.15, 0.2) is 54.6 Å². The van der Waals surface area contributed by atoms with Crippen molar-refractivity contribution in [2.75, 3.05) is 0 Å². The summed E-state index contributed by atoms with van der Waals surface area (Å²) in [6.45, 7) is 3.58. The van der Waals surface area contributed by atoms with Crippen LogP contribution in [0.5, 0.6) is 5.75 Å². The Morgan fingerprint density at radius 3 is 2.29 bits per heavy atom. The van der Waals surface area contributed by atoms with E-state index in [1.165, 1.54) is 24.3 Å². The van der Waals surface area contributed by atoms with Gasteiger partial charge in [-0.2, -0.15) is 0 Å². The summed E-state index contributed by atoms with van der Waals surface area (Å²) < 4.78 is 18.3. The second kappa shape index (κ2) is 6.88. The Morgan fingerprint density at radius 1 is 1.05 bits per heavy atom. The Labute approximate surface area is 123 Å². The topological polar surface area (TPSA) is 38.3 Å². The minimum atomic E-state index is -0.651. The van der Waals surface area contributed by atoms with Gasteiger partial charge in [-0.1, -0.05) is 30.3 Å². The van der Waals surface area contributed by atoms with E-state index < -0.39 is 6.10 Å². The molecule has 0 aliphatic rings. The fraction of sp³-hybridized carbons (Fsp3) is 0.235. The molecule has 2 atom stereocenters. The van der Waals surface area contributed by atoms with Gasteiger partial charge in [-0.3, -0.25) is 4.79 Å². The van der Waals surface area contributed by atoms with Crippen molar-refractivity contribution in [3.63, 3.8) is 0 Å². The molecule has 0 unspecified atom stereocenters. The molecule has 1 amide bonds. The average molecular weight is 287 g/mol. The van der Waals surface area contributed by atoms with Gasteiger partial charge in [0.05, 0.1) is 6.04 Å². The maximum atomic E-state index is 12.8. The van der Waals surface area contributed by atoms with Crippen molar-refractivity contribution >= 4 is 5.91 Å². The largest absolute Gasteiger partial charge is 0.481 e. The van der Waals surface area contributed by atoms with Crippen LogP contribution < -0.4 is 10.1 Å². The summed E-state index contributed by atoms with van der Waals surface area (Å²) in [4.78, 5) is 12.1. The lowest BCUT2D eigenvalue weighted by Gasteiger charge is -2.19. The van der Waals surface area contributed by atoms with Gasteiger partial charge in [-0.25, -0.2) is 4.39 Å². The predicted octanol–water partition coefficient (Wildman–Crippen LogP) is 3.47. The van der Waals surface area contributed by atoms with Crippen molar-refractivity contribution in [3.05, 3.63) is 66.0 Å². The molecule has 0 radical (unpaired) electrons. The van der Waals surface area contributed by atoms with Crippen LogP contribution in [0.3, 0.4) is 0 Å². The summed E-state index contributed by atoms with van der Waals surface area (Å²) in [7, 11) is 0. The van der Waals surface area contributed by atoms with Crippen molar-refractivity contribution in [2.45, 2.75) is 26.0 Å². The molecule has 1 N–H and O–H groups in total. The highest BCUT2D eigenvalue weighted by atomic mass is 19.1. The molecule has 2 aromatic rings. The number of nitrogens with one attached hydrogen (secondary N) is 1. The molecular formula is C17H18FNO2. The zero-order valence-electron chi connectivity index (χ0n) is 12.0. The molecule has 0 bridgehead atoms. The van der Waals surface area contributed by atoms with Crippen molar-refractivity contribution in [1.82, 2.24) is 5.32 Å². The van der Waals surface area contributed by atoms with Gasteiger partial charge in [-0.15, -0.1) is 0 Å². The molecular weight excluding hydrogens is 269 g/mol. The molecule has 0 heterocycles. The van der Waals surface area contributed by atoms with Crippen LogP contribution in [-0.4, -0.2) is 12.0 Å². The summed E-state index contributed by atoms with van der Waals surface area (Å²) in [5.74, 6) is -0.0840. The zero-order chi connectivity index (χ0) is 15.2. The van der Waals surface area contributed by atoms with Gasteiger partial charge in [0.1, 0.15) is 11.6 Å². The Kier molecular flexibility index (Phi) is 4.93.